The molecular weight excluding hydrogens is 208 g/mol. The monoisotopic (exact) mass is 220 g/mol. The molecule has 0 aliphatic heterocycles. The minimum absolute atomic E-state index is 0.0414. The number of hydrogen-bond donors (Lipinski definition) is 2. The molecule has 0 saturated heterocycles. The molecule has 0 fully saturated rings. The summed E-state index contributed by atoms with van der Waals surface area (Å²) in [5.41, 5.74) is 1.43. The third-order valence-electron chi connectivity index (χ3n) is 2.51. The third-order valence-corrected chi connectivity index (χ3v) is 2.51. The van der Waals surface area contributed by atoms with Crippen molar-refractivity contribution in [2.24, 2.45) is 0 Å². The van der Waals surface area contributed by atoms with Gasteiger partial charge < -0.3 is 14.8 Å². The number of aromatic nitrogens is 2. The van der Waals surface area contributed by atoms with Gasteiger partial charge >= 0.3 is 5.97 Å². The molecule has 1 aromatic carbocycles. The molecule has 0 radical (unpaired) electrons. The molecule has 5 heteroatoms. The summed E-state index contributed by atoms with van der Waals surface area (Å²) in [5, 5.41) is 18.0. The summed E-state index contributed by atoms with van der Waals surface area (Å²) in [6, 6.07) is 4.98. The molecule has 1 aromatic heterocycles. The third kappa shape index (κ3) is 1.55. The summed E-state index contributed by atoms with van der Waals surface area (Å²) in [4.78, 5) is 15.3. The number of aromatic carboxylic acids is 1. The largest absolute Gasteiger partial charge is 0.478 e. The molecular formula is C11H12N2O3. The summed E-state index contributed by atoms with van der Waals surface area (Å²) in [7, 11) is 0. The molecule has 0 saturated carbocycles. The van der Waals surface area contributed by atoms with Gasteiger partial charge in [-0.05, 0) is 19.1 Å². The van der Waals surface area contributed by atoms with E-state index < -0.39 is 5.97 Å². The molecule has 2 aromatic rings. The summed E-state index contributed by atoms with van der Waals surface area (Å²) >= 11 is 0. The van der Waals surface area contributed by atoms with Crippen molar-refractivity contribution in [1.29, 1.82) is 0 Å². The Labute approximate surface area is 92.0 Å². The molecule has 0 spiro atoms. The molecule has 0 aliphatic carbocycles. The first-order valence-electron chi connectivity index (χ1n) is 4.95. The van der Waals surface area contributed by atoms with Crippen LogP contribution in [0.15, 0.2) is 18.2 Å². The Morgan fingerprint density at radius 2 is 2.25 bits per heavy atom. The van der Waals surface area contributed by atoms with E-state index in [1.807, 2.05) is 0 Å². The number of imidazole rings is 1. The van der Waals surface area contributed by atoms with Gasteiger partial charge in [0.1, 0.15) is 5.82 Å². The summed E-state index contributed by atoms with van der Waals surface area (Å²) < 4.78 is 1.72. The fourth-order valence-electron chi connectivity index (χ4n) is 1.85. The zero-order valence-electron chi connectivity index (χ0n) is 8.84. The Bertz CT molecular complexity index is 545. The van der Waals surface area contributed by atoms with Crippen molar-refractivity contribution in [1.82, 2.24) is 9.55 Å². The second-order valence-corrected chi connectivity index (χ2v) is 3.51. The Morgan fingerprint density at radius 1 is 1.50 bits per heavy atom. The van der Waals surface area contributed by atoms with Crippen molar-refractivity contribution in [2.75, 3.05) is 6.61 Å². The van der Waals surface area contributed by atoms with Gasteiger partial charge in [-0.3, -0.25) is 0 Å². The normalized spacial score (nSPS) is 10.9. The lowest BCUT2D eigenvalue weighted by molar-refractivity contribution is 0.0698. The van der Waals surface area contributed by atoms with Crippen LogP contribution in [-0.2, 0) is 6.54 Å². The number of benzene rings is 1. The maximum atomic E-state index is 11.1. The number of nitrogens with zero attached hydrogens (tertiary/aromatic N) is 2. The Morgan fingerprint density at radius 3 is 2.88 bits per heavy atom. The average molecular weight is 220 g/mol. The van der Waals surface area contributed by atoms with Gasteiger partial charge in [0, 0.05) is 6.54 Å². The van der Waals surface area contributed by atoms with E-state index in [2.05, 4.69) is 4.98 Å². The van der Waals surface area contributed by atoms with Crippen LogP contribution in [0, 0.1) is 6.92 Å². The van der Waals surface area contributed by atoms with Crippen molar-refractivity contribution in [2.45, 2.75) is 13.5 Å². The Balaban J connectivity index is 2.77. The van der Waals surface area contributed by atoms with E-state index >= 15 is 0 Å². The molecule has 84 valence electrons. The van der Waals surface area contributed by atoms with Crippen molar-refractivity contribution in [3.8, 4) is 0 Å². The van der Waals surface area contributed by atoms with E-state index in [0.29, 0.717) is 23.4 Å². The van der Waals surface area contributed by atoms with Crippen LogP contribution in [-0.4, -0.2) is 32.3 Å². The molecule has 5 nitrogen and oxygen atoms in total. The van der Waals surface area contributed by atoms with E-state index in [-0.39, 0.29) is 12.2 Å². The second-order valence-electron chi connectivity index (χ2n) is 3.51. The molecule has 1 heterocycles. The van der Waals surface area contributed by atoms with E-state index in [1.54, 1.807) is 29.7 Å². The van der Waals surface area contributed by atoms with Gasteiger partial charge in [-0.2, -0.15) is 0 Å². The first-order valence-corrected chi connectivity index (χ1v) is 4.95. The first kappa shape index (κ1) is 10.6. The fourth-order valence-corrected chi connectivity index (χ4v) is 1.85. The number of hydrogen-bond acceptors (Lipinski definition) is 3. The van der Waals surface area contributed by atoms with Gasteiger partial charge in [-0.1, -0.05) is 6.07 Å². The van der Waals surface area contributed by atoms with E-state index in [0.717, 1.165) is 0 Å². The maximum absolute atomic E-state index is 11.1. The van der Waals surface area contributed by atoms with Crippen LogP contribution in [0.4, 0.5) is 0 Å². The minimum Gasteiger partial charge on any atom is -0.478 e. The number of fused-ring (bicyclic) bond motifs is 1. The van der Waals surface area contributed by atoms with Crippen molar-refractivity contribution in [3.63, 3.8) is 0 Å². The smallest absolute Gasteiger partial charge is 0.337 e. The van der Waals surface area contributed by atoms with Crippen LogP contribution in [0.5, 0.6) is 0 Å². The summed E-state index contributed by atoms with van der Waals surface area (Å²) in [6.07, 6.45) is 0. The van der Waals surface area contributed by atoms with E-state index in [9.17, 15) is 4.79 Å². The number of rotatable bonds is 3. The van der Waals surface area contributed by atoms with Crippen LogP contribution in [0.25, 0.3) is 11.0 Å². The van der Waals surface area contributed by atoms with Gasteiger partial charge in [-0.25, -0.2) is 9.78 Å². The highest BCUT2D eigenvalue weighted by Gasteiger charge is 2.14. The Kier molecular flexibility index (Phi) is 2.62. The zero-order chi connectivity index (χ0) is 11.7. The van der Waals surface area contributed by atoms with Gasteiger partial charge in [-0.15, -0.1) is 0 Å². The maximum Gasteiger partial charge on any atom is 0.337 e. The molecule has 0 unspecified atom stereocenters. The van der Waals surface area contributed by atoms with Crippen LogP contribution in [0.1, 0.15) is 16.2 Å². The number of para-hydroxylation sites is 1. The predicted molar refractivity (Wildman–Crippen MR) is 58.5 cm³/mol. The lowest BCUT2D eigenvalue weighted by atomic mass is 10.2. The Hall–Kier alpha value is -1.88. The molecule has 0 atom stereocenters. The van der Waals surface area contributed by atoms with Crippen LogP contribution in [0.2, 0.25) is 0 Å². The van der Waals surface area contributed by atoms with Crippen LogP contribution >= 0.6 is 0 Å². The minimum atomic E-state index is -0.982. The van der Waals surface area contributed by atoms with E-state index in [1.165, 1.54) is 0 Å². The van der Waals surface area contributed by atoms with Crippen LogP contribution in [0.3, 0.4) is 0 Å². The highest BCUT2D eigenvalue weighted by atomic mass is 16.4. The summed E-state index contributed by atoms with van der Waals surface area (Å²) in [6.45, 7) is 2.11. The van der Waals surface area contributed by atoms with Gasteiger partial charge in [0.15, 0.2) is 0 Å². The molecule has 2 N–H and O–H groups in total. The fraction of sp³-hybridized carbons (Fsp3) is 0.273. The highest BCUT2D eigenvalue weighted by molar-refractivity contribution is 6.01. The van der Waals surface area contributed by atoms with Gasteiger partial charge in [0.05, 0.1) is 23.2 Å². The number of carbonyl (C=O) groups is 1. The zero-order valence-corrected chi connectivity index (χ0v) is 8.84. The SMILES string of the molecule is Cc1nc2cccc(C(=O)O)c2n1CCO. The quantitative estimate of drug-likeness (QED) is 0.810. The number of carboxylic acids is 1. The number of aliphatic hydroxyl groups is 1. The first-order chi connectivity index (χ1) is 7.65. The topological polar surface area (TPSA) is 75.3 Å². The van der Waals surface area contributed by atoms with Crippen molar-refractivity contribution < 1.29 is 15.0 Å². The number of aliphatic hydroxyl groups excluding tert-OH is 1. The van der Waals surface area contributed by atoms with Crippen molar-refractivity contribution in [3.05, 3.63) is 29.6 Å². The summed E-state index contributed by atoms with van der Waals surface area (Å²) in [5.74, 6) is -0.276. The van der Waals surface area contributed by atoms with Crippen LogP contribution < -0.4 is 0 Å². The molecule has 0 aliphatic rings. The van der Waals surface area contributed by atoms with Crippen molar-refractivity contribution >= 4 is 17.0 Å². The molecule has 16 heavy (non-hydrogen) atoms. The van der Waals surface area contributed by atoms with Gasteiger partial charge in [0.25, 0.3) is 0 Å². The number of aryl methyl sites for hydroxylation is 1. The predicted octanol–water partition coefficient (Wildman–Crippen LogP) is 1.04. The van der Waals surface area contributed by atoms with E-state index in [4.69, 9.17) is 10.2 Å². The lowest BCUT2D eigenvalue weighted by Crippen LogP contribution is -2.07. The second kappa shape index (κ2) is 3.94. The highest BCUT2D eigenvalue weighted by Crippen LogP contribution is 2.20. The lowest BCUT2D eigenvalue weighted by Gasteiger charge is -2.05. The van der Waals surface area contributed by atoms with Gasteiger partial charge in [0.2, 0.25) is 0 Å². The molecule has 2 rings (SSSR count). The number of carboxylic acid groups (broad SMARTS) is 1. The molecule has 0 bridgehead atoms. The average Bonchev–Trinajstić information content (AvgIpc) is 2.55. The molecule has 0 amide bonds. The standard InChI is InChI=1S/C11H12N2O3/c1-7-12-9-4-2-3-8(11(15)16)10(9)13(7)5-6-14/h2-4,14H,5-6H2,1H3,(H,15,16).